The van der Waals surface area contributed by atoms with Crippen molar-refractivity contribution in [3.05, 3.63) is 46.2 Å². The molecule has 1 heterocycles. The molecule has 0 aliphatic carbocycles. The predicted molar refractivity (Wildman–Crippen MR) is 92.9 cm³/mol. The zero-order chi connectivity index (χ0) is 18.2. The van der Waals surface area contributed by atoms with E-state index in [0.29, 0.717) is 10.8 Å². The SMILES string of the molecule is Cc1csc([C@H](C#N)C(=O)COC(=O)CCSc2ccc(F)cc2)n1. The number of hydrogen-bond donors (Lipinski definition) is 0. The van der Waals surface area contributed by atoms with Crippen LogP contribution in [0.4, 0.5) is 4.39 Å². The molecule has 0 N–H and O–H groups in total. The minimum absolute atomic E-state index is 0.114. The molecule has 0 bridgehead atoms. The van der Waals surface area contributed by atoms with E-state index < -0.39 is 24.3 Å². The van der Waals surface area contributed by atoms with Gasteiger partial charge in [-0.3, -0.25) is 9.59 Å². The Morgan fingerprint density at radius 1 is 1.40 bits per heavy atom. The fraction of sp³-hybridized carbons (Fsp3) is 0.294. The van der Waals surface area contributed by atoms with Gasteiger partial charge in [0.05, 0.1) is 12.5 Å². The lowest BCUT2D eigenvalue weighted by Crippen LogP contribution is -2.20. The van der Waals surface area contributed by atoms with Crippen molar-refractivity contribution in [1.29, 1.82) is 5.26 Å². The summed E-state index contributed by atoms with van der Waals surface area (Å²) in [6.07, 6.45) is 0.114. The van der Waals surface area contributed by atoms with Gasteiger partial charge in [0.25, 0.3) is 0 Å². The number of Topliss-reactive ketones (excluding diaryl/α,β-unsaturated/α-hetero) is 1. The van der Waals surface area contributed by atoms with Crippen LogP contribution in [-0.4, -0.2) is 29.1 Å². The fourth-order valence-corrected chi connectivity index (χ4v) is 3.55. The summed E-state index contributed by atoms with van der Waals surface area (Å²) in [6, 6.07) is 7.85. The van der Waals surface area contributed by atoms with Gasteiger partial charge in [0.2, 0.25) is 0 Å². The van der Waals surface area contributed by atoms with Crippen LogP contribution in [-0.2, 0) is 14.3 Å². The van der Waals surface area contributed by atoms with Gasteiger partial charge < -0.3 is 4.74 Å². The number of benzene rings is 1. The molecule has 0 aliphatic rings. The van der Waals surface area contributed by atoms with E-state index in [-0.39, 0.29) is 12.2 Å². The second kappa shape index (κ2) is 9.30. The van der Waals surface area contributed by atoms with E-state index in [0.717, 1.165) is 10.6 Å². The summed E-state index contributed by atoms with van der Waals surface area (Å²) in [5, 5.41) is 11.3. The summed E-state index contributed by atoms with van der Waals surface area (Å²) in [6.45, 7) is 1.33. The minimum atomic E-state index is -1.01. The molecule has 5 nitrogen and oxygen atoms in total. The molecule has 0 amide bonds. The molecular weight excluding hydrogens is 363 g/mol. The molecule has 0 radical (unpaired) electrons. The van der Waals surface area contributed by atoms with Gasteiger partial charge in [0, 0.05) is 21.7 Å². The molecule has 1 atom stereocenters. The Morgan fingerprint density at radius 2 is 2.12 bits per heavy atom. The number of esters is 1. The Morgan fingerprint density at radius 3 is 2.72 bits per heavy atom. The van der Waals surface area contributed by atoms with Crippen LogP contribution < -0.4 is 0 Å². The van der Waals surface area contributed by atoms with Crippen LogP contribution in [0.15, 0.2) is 34.5 Å². The molecule has 0 spiro atoms. The molecule has 130 valence electrons. The number of rotatable bonds is 8. The van der Waals surface area contributed by atoms with Crippen LogP contribution in [0.3, 0.4) is 0 Å². The highest BCUT2D eigenvalue weighted by Crippen LogP contribution is 2.21. The molecule has 0 fully saturated rings. The molecule has 1 aromatic carbocycles. The molecule has 2 aromatic rings. The third-order valence-corrected chi connectivity index (χ3v) is 5.14. The normalized spacial score (nSPS) is 11.6. The first-order chi connectivity index (χ1) is 12.0. The summed E-state index contributed by atoms with van der Waals surface area (Å²) in [4.78, 5) is 28.7. The Kier molecular flexibility index (Phi) is 7.10. The van der Waals surface area contributed by atoms with Gasteiger partial charge >= 0.3 is 5.97 Å². The zero-order valence-corrected chi connectivity index (χ0v) is 15.0. The van der Waals surface area contributed by atoms with Gasteiger partial charge in [0.15, 0.2) is 18.3 Å². The highest BCUT2D eigenvalue weighted by atomic mass is 32.2. The van der Waals surface area contributed by atoms with Crippen molar-refractivity contribution in [3.63, 3.8) is 0 Å². The molecule has 2 rings (SSSR count). The average molecular weight is 378 g/mol. The summed E-state index contributed by atoms with van der Waals surface area (Å²) in [5.74, 6) is -1.89. The number of ketones is 1. The van der Waals surface area contributed by atoms with E-state index in [1.807, 2.05) is 6.07 Å². The van der Waals surface area contributed by atoms with Crippen LogP contribution in [0.25, 0.3) is 0 Å². The maximum atomic E-state index is 12.8. The summed E-state index contributed by atoms with van der Waals surface area (Å²) in [5.41, 5.74) is 0.739. The molecular formula is C17H15FN2O3S2. The highest BCUT2D eigenvalue weighted by molar-refractivity contribution is 7.99. The van der Waals surface area contributed by atoms with Crippen LogP contribution in [0.2, 0.25) is 0 Å². The maximum absolute atomic E-state index is 12.8. The lowest BCUT2D eigenvalue weighted by molar-refractivity contribution is -0.147. The number of ether oxygens (including phenoxy) is 1. The number of nitriles is 1. The van der Waals surface area contributed by atoms with E-state index >= 15 is 0 Å². The summed E-state index contributed by atoms with van der Waals surface area (Å²) in [7, 11) is 0. The van der Waals surface area contributed by atoms with Gasteiger partial charge in [0.1, 0.15) is 10.8 Å². The Labute approximate surface area is 152 Å². The number of hydrogen-bond acceptors (Lipinski definition) is 7. The third kappa shape index (κ3) is 5.96. The first kappa shape index (κ1) is 19.1. The largest absolute Gasteiger partial charge is 0.458 e. The first-order valence-corrected chi connectivity index (χ1v) is 9.24. The van der Waals surface area contributed by atoms with Crippen LogP contribution in [0, 0.1) is 24.1 Å². The molecule has 0 saturated carbocycles. The van der Waals surface area contributed by atoms with E-state index in [1.54, 1.807) is 24.4 Å². The van der Waals surface area contributed by atoms with Crippen LogP contribution in [0.5, 0.6) is 0 Å². The first-order valence-electron chi connectivity index (χ1n) is 7.38. The average Bonchev–Trinajstić information content (AvgIpc) is 3.01. The van der Waals surface area contributed by atoms with Crippen molar-refractivity contribution in [2.24, 2.45) is 0 Å². The van der Waals surface area contributed by atoms with Crippen molar-refractivity contribution < 1.29 is 18.7 Å². The molecule has 0 aliphatic heterocycles. The Bertz CT molecular complexity index is 784. The number of aromatic nitrogens is 1. The zero-order valence-electron chi connectivity index (χ0n) is 13.4. The van der Waals surface area contributed by atoms with Gasteiger partial charge in [-0.25, -0.2) is 9.37 Å². The summed E-state index contributed by atoms with van der Waals surface area (Å²) >= 11 is 2.62. The van der Waals surface area contributed by atoms with Crippen molar-refractivity contribution in [2.45, 2.75) is 24.2 Å². The van der Waals surface area contributed by atoms with E-state index in [2.05, 4.69) is 4.98 Å². The number of thioether (sulfide) groups is 1. The smallest absolute Gasteiger partial charge is 0.307 e. The molecule has 0 saturated heterocycles. The van der Waals surface area contributed by atoms with Gasteiger partial charge in [-0.15, -0.1) is 23.1 Å². The summed E-state index contributed by atoms with van der Waals surface area (Å²) < 4.78 is 17.7. The predicted octanol–water partition coefficient (Wildman–Crippen LogP) is 3.49. The van der Waals surface area contributed by atoms with Crippen LogP contribution in [0.1, 0.15) is 23.0 Å². The van der Waals surface area contributed by atoms with Crippen molar-refractivity contribution >= 4 is 34.9 Å². The van der Waals surface area contributed by atoms with Gasteiger partial charge in [-0.05, 0) is 31.2 Å². The standard InChI is InChI=1S/C17H15FN2O3S2/c1-11-10-25-17(20-11)14(8-19)15(21)9-23-16(22)6-7-24-13-4-2-12(18)3-5-13/h2-5,10,14H,6-7,9H2,1H3/t14-/m1/s1. The minimum Gasteiger partial charge on any atom is -0.458 e. The topological polar surface area (TPSA) is 80.0 Å². The van der Waals surface area contributed by atoms with E-state index in [4.69, 9.17) is 10.00 Å². The molecule has 0 unspecified atom stereocenters. The number of carbonyl (C=O) groups is 2. The number of nitrogens with zero attached hydrogens (tertiary/aromatic N) is 2. The number of aryl methyl sites for hydroxylation is 1. The Hall–Kier alpha value is -2.24. The Balaban J connectivity index is 1.74. The van der Waals surface area contributed by atoms with Gasteiger partial charge in [-0.2, -0.15) is 5.26 Å². The second-order valence-corrected chi connectivity index (χ2v) is 7.13. The number of thiazole rings is 1. The monoisotopic (exact) mass is 378 g/mol. The lowest BCUT2D eigenvalue weighted by Gasteiger charge is -2.07. The van der Waals surface area contributed by atoms with Crippen molar-refractivity contribution in [2.75, 3.05) is 12.4 Å². The fourth-order valence-electron chi connectivity index (χ4n) is 1.86. The quantitative estimate of drug-likeness (QED) is 0.517. The van der Waals surface area contributed by atoms with E-state index in [1.165, 1.54) is 35.2 Å². The highest BCUT2D eigenvalue weighted by Gasteiger charge is 2.24. The lowest BCUT2D eigenvalue weighted by atomic mass is 10.1. The molecule has 8 heteroatoms. The van der Waals surface area contributed by atoms with E-state index in [9.17, 15) is 14.0 Å². The third-order valence-electron chi connectivity index (χ3n) is 3.10. The number of carbonyl (C=O) groups excluding carboxylic acids is 2. The second-order valence-electron chi connectivity index (χ2n) is 5.07. The molecule has 25 heavy (non-hydrogen) atoms. The van der Waals surface area contributed by atoms with Gasteiger partial charge in [-0.1, -0.05) is 0 Å². The van der Waals surface area contributed by atoms with Crippen molar-refractivity contribution in [3.8, 4) is 6.07 Å². The molecule has 1 aromatic heterocycles. The van der Waals surface area contributed by atoms with Crippen molar-refractivity contribution in [1.82, 2.24) is 4.98 Å². The van der Waals surface area contributed by atoms with Crippen LogP contribution >= 0.6 is 23.1 Å². The maximum Gasteiger partial charge on any atom is 0.307 e. The number of halogens is 1.